The fraction of sp³-hybridized carbons (Fsp3) is 0.231. The summed E-state index contributed by atoms with van der Waals surface area (Å²) in [7, 11) is 1.51. The molecule has 110 valence electrons. The molecule has 0 unspecified atom stereocenters. The molecule has 0 atom stereocenters. The molecule has 0 aliphatic carbocycles. The van der Waals surface area contributed by atoms with E-state index in [1.54, 1.807) is 12.1 Å². The second kappa shape index (κ2) is 6.04. The number of aryl methyl sites for hydroxylation is 1. The minimum Gasteiger partial charge on any atom is -0.495 e. The Morgan fingerprint density at radius 3 is 2.90 bits per heavy atom. The zero-order valence-electron chi connectivity index (χ0n) is 11.6. The predicted molar refractivity (Wildman–Crippen MR) is 75.2 cm³/mol. The van der Waals surface area contributed by atoms with Crippen LogP contribution >= 0.6 is 0 Å². The molecule has 8 heteroatoms. The molecule has 2 rings (SSSR count). The average molecular weight is 290 g/mol. The van der Waals surface area contributed by atoms with Gasteiger partial charge in [-0.2, -0.15) is 5.10 Å². The van der Waals surface area contributed by atoms with Gasteiger partial charge < -0.3 is 10.1 Å². The summed E-state index contributed by atoms with van der Waals surface area (Å²) in [5.74, 6) is 0.192. The number of benzene rings is 1. The Balaban J connectivity index is 2.07. The molecule has 0 aliphatic heterocycles. The van der Waals surface area contributed by atoms with Crippen LogP contribution in [0.2, 0.25) is 0 Å². The van der Waals surface area contributed by atoms with Gasteiger partial charge >= 0.3 is 5.69 Å². The summed E-state index contributed by atoms with van der Waals surface area (Å²) in [5, 5.41) is 17.0. The van der Waals surface area contributed by atoms with E-state index in [2.05, 4.69) is 10.4 Å². The largest absolute Gasteiger partial charge is 0.495 e. The Morgan fingerprint density at radius 2 is 2.29 bits per heavy atom. The molecule has 1 N–H and O–H groups in total. The second-order valence-electron chi connectivity index (χ2n) is 4.41. The minimum atomic E-state index is -0.564. The predicted octanol–water partition coefficient (Wildman–Crippen LogP) is 1.75. The van der Waals surface area contributed by atoms with Crippen LogP contribution in [0.15, 0.2) is 30.6 Å². The van der Waals surface area contributed by atoms with E-state index in [9.17, 15) is 14.9 Å². The lowest BCUT2D eigenvalue weighted by Crippen LogP contribution is -2.19. The lowest BCUT2D eigenvalue weighted by molar-refractivity contribution is -0.385. The molecular weight excluding hydrogens is 276 g/mol. The third kappa shape index (κ3) is 3.56. The Hall–Kier alpha value is -2.90. The van der Waals surface area contributed by atoms with E-state index in [1.165, 1.54) is 18.0 Å². The van der Waals surface area contributed by atoms with E-state index in [1.807, 2.05) is 13.0 Å². The second-order valence-corrected chi connectivity index (χ2v) is 4.41. The maximum absolute atomic E-state index is 11.9. The third-order valence-corrected chi connectivity index (χ3v) is 2.77. The van der Waals surface area contributed by atoms with Crippen LogP contribution in [-0.4, -0.2) is 27.7 Å². The fourth-order valence-corrected chi connectivity index (χ4v) is 1.79. The van der Waals surface area contributed by atoms with Crippen molar-refractivity contribution in [1.29, 1.82) is 0 Å². The van der Waals surface area contributed by atoms with Crippen molar-refractivity contribution < 1.29 is 14.5 Å². The van der Waals surface area contributed by atoms with Crippen molar-refractivity contribution in [1.82, 2.24) is 9.78 Å². The number of nitrogens with one attached hydrogen (secondary N) is 1. The van der Waals surface area contributed by atoms with Crippen LogP contribution in [0.1, 0.15) is 5.56 Å². The molecule has 0 saturated heterocycles. The van der Waals surface area contributed by atoms with Gasteiger partial charge in [0, 0.05) is 0 Å². The van der Waals surface area contributed by atoms with Gasteiger partial charge in [0.25, 0.3) is 0 Å². The van der Waals surface area contributed by atoms with Crippen LogP contribution in [0.4, 0.5) is 11.4 Å². The maximum atomic E-state index is 11.9. The van der Waals surface area contributed by atoms with E-state index in [0.29, 0.717) is 11.4 Å². The summed E-state index contributed by atoms with van der Waals surface area (Å²) >= 11 is 0. The van der Waals surface area contributed by atoms with Crippen molar-refractivity contribution in [2.45, 2.75) is 13.5 Å². The number of amides is 1. The quantitative estimate of drug-likeness (QED) is 0.668. The Bertz CT molecular complexity index is 681. The number of aromatic nitrogens is 2. The first-order valence-electron chi connectivity index (χ1n) is 6.11. The first-order chi connectivity index (χ1) is 9.99. The van der Waals surface area contributed by atoms with Crippen molar-refractivity contribution >= 4 is 17.3 Å². The number of methoxy groups -OCH3 is 1. The molecule has 21 heavy (non-hydrogen) atoms. The number of nitrogens with zero attached hydrogens (tertiary/aromatic N) is 3. The van der Waals surface area contributed by atoms with Gasteiger partial charge in [-0.05, 0) is 24.6 Å². The van der Waals surface area contributed by atoms with Crippen molar-refractivity contribution in [3.05, 3.63) is 46.3 Å². The minimum absolute atomic E-state index is 0.120. The molecule has 0 fully saturated rings. The van der Waals surface area contributed by atoms with E-state index in [-0.39, 0.29) is 18.1 Å². The van der Waals surface area contributed by atoms with Crippen molar-refractivity contribution in [2.75, 3.05) is 12.4 Å². The Morgan fingerprint density at radius 1 is 1.52 bits per heavy atom. The molecule has 1 amide bonds. The summed E-state index contributed by atoms with van der Waals surface area (Å²) in [6.07, 6.45) is 2.30. The average Bonchev–Trinajstić information content (AvgIpc) is 2.87. The van der Waals surface area contributed by atoms with Crippen molar-refractivity contribution in [3.8, 4) is 5.75 Å². The highest BCUT2D eigenvalue weighted by Gasteiger charge is 2.12. The van der Waals surface area contributed by atoms with E-state index < -0.39 is 4.92 Å². The zero-order valence-corrected chi connectivity index (χ0v) is 11.6. The lowest BCUT2D eigenvalue weighted by atomic mass is 10.2. The summed E-state index contributed by atoms with van der Waals surface area (Å²) in [6, 6.07) is 5.40. The molecule has 0 radical (unpaired) electrons. The van der Waals surface area contributed by atoms with Crippen molar-refractivity contribution in [2.24, 2.45) is 0 Å². The molecule has 0 bridgehead atoms. The summed E-state index contributed by atoms with van der Waals surface area (Å²) in [4.78, 5) is 21.9. The SMILES string of the molecule is COc1ccc(C)cc1NC(=O)Cn1cc([N+](=O)[O-])cn1. The standard InChI is InChI=1S/C13H14N4O4/c1-9-3-4-12(21-2)11(5-9)15-13(18)8-16-7-10(6-14-16)17(19)20/h3-7H,8H2,1-2H3,(H,15,18). The molecule has 0 spiro atoms. The highest BCUT2D eigenvalue weighted by Crippen LogP contribution is 2.25. The summed E-state index contributed by atoms with van der Waals surface area (Å²) < 4.78 is 6.36. The number of hydrogen-bond donors (Lipinski definition) is 1. The summed E-state index contributed by atoms with van der Waals surface area (Å²) in [5.41, 5.74) is 1.36. The third-order valence-electron chi connectivity index (χ3n) is 2.77. The van der Waals surface area contributed by atoms with Crippen LogP contribution in [0.25, 0.3) is 0 Å². The van der Waals surface area contributed by atoms with Gasteiger partial charge in [-0.15, -0.1) is 0 Å². The molecule has 8 nitrogen and oxygen atoms in total. The normalized spacial score (nSPS) is 10.2. The van der Waals surface area contributed by atoms with E-state index in [4.69, 9.17) is 4.74 Å². The number of nitro groups is 1. The van der Waals surface area contributed by atoms with E-state index in [0.717, 1.165) is 11.8 Å². The van der Waals surface area contributed by atoms with Gasteiger partial charge in [-0.3, -0.25) is 19.6 Å². The van der Waals surface area contributed by atoms with Gasteiger partial charge in [0.05, 0.1) is 17.7 Å². The number of ether oxygens (including phenoxy) is 1. The van der Waals surface area contributed by atoms with Gasteiger partial charge in [0.2, 0.25) is 5.91 Å². The summed E-state index contributed by atoms with van der Waals surface area (Å²) in [6.45, 7) is 1.77. The highest BCUT2D eigenvalue weighted by molar-refractivity contribution is 5.92. The number of carbonyl (C=O) groups excluding carboxylic acids is 1. The highest BCUT2D eigenvalue weighted by atomic mass is 16.6. The maximum Gasteiger partial charge on any atom is 0.307 e. The number of rotatable bonds is 5. The molecule has 0 saturated carbocycles. The first kappa shape index (κ1) is 14.5. The van der Waals surface area contributed by atoms with Crippen LogP contribution in [0.5, 0.6) is 5.75 Å². The molecule has 1 aromatic heterocycles. The number of hydrogen-bond acceptors (Lipinski definition) is 5. The van der Waals surface area contributed by atoms with Crippen LogP contribution in [-0.2, 0) is 11.3 Å². The first-order valence-corrected chi connectivity index (χ1v) is 6.11. The number of carbonyl (C=O) groups is 1. The molecular formula is C13H14N4O4. The molecule has 1 heterocycles. The van der Waals surface area contributed by atoms with E-state index >= 15 is 0 Å². The Kier molecular flexibility index (Phi) is 4.17. The van der Waals surface area contributed by atoms with Crippen LogP contribution in [0.3, 0.4) is 0 Å². The van der Waals surface area contributed by atoms with Crippen LogP contribution < -0.4 is 10.1 Å². The monoisotopic (exact) mass is 290 g/mol. The van der Waals surface area contributed by atoms with Gasteiger partial charge in [0.15, 0.2) is 0 Å². The van der Waals surface area contributed by atoms with Crippen LogP contribution in [0, 0.1) is 17.0 Å². The van der Waals surface area contributed by atoms with Gasteiger partial charge in [-0.25, -0.2) is 0 Å². The van der Waals surface area contributed by atoms with Crippen molar-refractivity contribution in [3.63, 3.8) is 0 Å². The topological polar surface area (TPSA) is 99.3 Å². The smallest absolute Gasteiger partial charge is 0.307 e. The molecule has 1 aromatic carbocycles. The fourth-order valence-electron chi connectivity index (χ4n) is 1.79. The van der Waals surface area contributed by atoms with Gasteiger partial charge in [-0.1, -0.05) is 6.07 Å². The molecule has 0 aliphatic rings. The number of anilines is 1. The lowest BCUT2D eigenvalue weighted by Gasteiger charge is -2.10. The zero-order chi connectivity index (χ0) is 15.4. The molecule has 2 aromatic rings. The Labute approximate surface area is 120 Å². The van der Waals surface area contributed by atoms with Gasteiger partial charge in [0.1, 0.15) is 24.7 Å².